The average molecular weight is 424 g/mol. The van der Waals surface area contributed by atoms with Gasteiger partial charge in [-0.3, -0.25) is 4.90 Å². The molecular formula is C30H34N2. The van der Waals surface area contributed by atoms with E-state index < -0.39 is 6.02 Å². The smallest absolute Gasteiger partial charge is 0.110 e. The lowest BCUT2D eigenvalue weighted by atomic mass is 9.80. The molecule has 0 bridgehead atoms. The highest BCUT2D eigenvalue weighted by molar-refractivity contribution is 5.59. The van der Waals surface area contributed by atoms with Gasteiger partial charge in [0.1, 0.15) is 6.17 Å². The van der Waals surface area contributed by atoms with Crippen molar-refractivity contribution < 1.29 is 1.37 Å². The van der Waals surface area contributed by atoms with Crippen molar-refractivity contribution >= 4 is 5.69 Å². The lowest BCUT2D eigenvalue weighted by Gasteiger charge is -2.40. The number of hydrogen-bond donors (Lipinski definition) is 0. The second kappa shape index (κ2) is 8.08. The van der Waals surface area contributed by atoms with E-state index in [1.54, 1.807) is 0 Å². The summed E-state index contributed by atoms with van der Waals surface area (Å²) < 4.78 is 10.3. The highest BCUT2D eigenvalue weighted by Gasteiger charge is 2.55. The maximum Gasteiger partial charge on any atom is 0.110 e. The van der Waals surface area contributed by atoms with E-state index in [1.165, 1.54) is 47.2 Å². The fourth-order valence-electron chi connectivity index (χ4n) is 6.67. The largest absolute Gasteiger partial charge is 0.347 e. The minimum Gasteiger partial charge on any atom is -0.347 e. The van der Waals surface area contributed by atoms with Crippen molar-refractivity contribution in [3.63, 3.8) is 0 Å². The molecule has 6 rings (SSSR count). The Bertz CT molecular complexity index is 1140. The normalized spacial score (nSPS) is 30.8. The summed E-state index contributed by atoms with van der Waals surface area (Å²) in [5, 5.41) is 0. The SMILES string of the molecule is [2H]C1(C2CCCCC2)c2ccccc2C2[C@H](C)N(c3ccccc3C)C(c3ccccc3)N21. The van der Waals surface area contributed by atoms with Gasteiger partial charge >= 0.3 is 0 Å². The molecule has 3 aliphatic rings. The van der Waals surface area contributed by atoms with Gasteiger partial charge in [0.25, 0.3) is 0 Å². The van der Waals surface area contributed by atoms with Gasteiger partial charge in [0.05, 0.1) is 7.41 Å². The zero-order chi connectivity index (χ0) is 22.6. The molecule has 1 aliphatic carbocycles. The first kappa shape index (κ1) is 18.9. The molecule has 32 heavy (non-hydrogen) atoms. The number of benzene rings is 3. The van der Waals surface area contributed by atoms with Crippen LogP contribution in [0.3, 0.4) is 0 Å². The molecule has 3 unspecified atom stereocenters. The van der Waals surface area contributed by atoms with Gasteiger partial charge in [-0.15, -0.1) is 0 Å². The Morgan fingerprint density at radius 3 is 2.19 bits per heavy atom. The van der Waals surface area contributed by atoms with E-state index in [0.29, 0.717) is 5.92 Å². The molecule has 2 fully saturated rings. The third kappa shape index (κ3) is 3.03. The Hall–Kier alpha value is -2.58. The highest BCUT2D eigenvalue weighted by Crippen LogP contribution is 2.60. The Labute approximate surface area is 194 Å². The first-order valence-corrected chi connectivity index (χ1v) is 12.4. The van der Waals surface area contributed by atoms with Crippen LogP contribution < -0.4 is 4.90 Å². The summed E-state index contributed by atoms with van der Waals surface area (Å²) in [6.07, 6.45) is 6.16. The van der Waals surface area contributed by atoms with Crippen molar-refractivity contribution in [1.29, 1.82) is 0 Å². The van der Waals surface area contributed by atoms with Crippen LogP contribution in [0.15, 0.2) is 78.9 Å². The Kier molecular flexibility index (Phi) is 4.78. The molecule has 2 heteroatoms. The van der Waals surface area contributed by atoms with Crippen LogP contribution in [0.5, 0.6) is 0 Å². The van der Waals surface area contributed by atoms with Gasteiger partial charge in [-0.05, 0) is 60.9 Å². The molecule has 2 heterocycles. The quantitative estimate of drug-likeness (QED) is 0.428. The van der Waals surface area contributed by atoms with Crippen molar-refractivity contribution in [3.8, 4) is 0 Å². The number of fused-ring (bicyclic) bond motifs is 3. The summed E-state index contributed by atoms with van der Waals surface area (Å²) in [7, 11) is 0. The van der Waals surface area contributed by atoms with E-state index >= 15 is 0 Å². The Morgan fingerprint density at radius 1 is 0.781 bits per heavy atom. The predicted octanol–water partition coefficient (Wildman–Crippen LogP) is 7.58. The van der Waals surface area contributed by atoms with Gasteiger partial charge in [0.2, 0.25) is 0 Å². The summed E-state index contributed by atoms with van der Waals surface area (Å²) in [4.78, 5) is 5.21. The van der Waals surface area contributed by atoms with Gasteiger partial charge in [-0.2, -0.15) is 0 Å². The van der Waals surface area contributed by atoms with Crippen LogP contribution in [-0.2, 0) is 0 Å². The average Bonchev–Trinajstić information content (AvgIpc) is 3.32. The van der Waals surface area contributed by atoms with E-state index in [9.17, 15) is 1.37 Å². The van der Waals surface area contributed by atoms with E-state index in [-0.39, 0.29) is 18.2 Å². The van der Waals surface area contributed by atoms with Crippen LogP contribution in [0, 0.1) is 12.8 Å². The molecule has 0 radical (unpaired) electrons. The maximum absolute atomic E-state index is 10.3. The fraction of sp³-hybridized carbons (Fsp3) is 0.400. The highest BCUT2D eigenvalue weighted by atomic mass is 15.5. The van der Waals surface area contributed by atoms with E-state index in [0.717, 1.165) is 12.8 Å². The molecule has 1 saturated heterocycles. The van der Waals surface area contributed by atoms with E-state index in [1.807, 2.05) is 0 Å². The molecule has 0 spiro atoms. The lowest BCUT2D eigenvalue weighted by Crippen LogP contribution is -2.36. The van der Waals surface area contributed by atoms with Crippen molar-refractivity contribution in [1.82, 2.24) is 4.90 Å². The Balaban J connectivity index is 1.59. The summed E-state index contributed by atoms with van der Waals surface area (Å²) in [6, 6.07) is 28.3. The van der Waals surface area contributed by atoms with Crippen molar-refractivity contribution in [2.45, 2.75) is 70.2 Å². The standard InChI is InChI=1S/C30H34N2/c1-21-13-9-12-20-27(21)31-22(2)28-25-18-10-11-19-26(25)29(23-14-5-3-6-15-23)32(28)30(31)24-16-7-4-8-17-24/h4,7-13,16-20,22-23,28-30H,3,5-6,14-15H2,1-2H3/t22-,28?,29?,30?/m0/s1/i29D. The zero-order valence-electron chi connectivity index (χ0n) is 20.2. The molecule has 2 nitrogen and oxygen atoms in total. The molecule has 3 aromatic rings. The minimum absolute atomic E-state index is 0.0409. The Morgan fingerprint density at radius 2 is 1.44 bits per heavy atom. The first-order valence-electron chi connectivity index (χ1n) is 12.9. The molecule has 1 saturated carbocycles. The minimum atomic E-state index is -0.701. The molecule has 2 aliphatic heterocycles. The van der Waals surface area contributed by atoms with Gasteiger partial charge in [-0.25, -0.2) is 0 Å². The second-order valence-electron chi connectivity index (χ2n) is 9.88. The maximum atomic E-state index is 10.3. The number of nitrogens with zero attached hydrogens (tertiary/aromatic N) is 2. The molecule has 4 atom stereocenters. The van der Waals surface area contributed by atoms with Gasteiger partial charge in [0.15, 0.2) is 0 Å². The summed E-state index contributed by atoms with van der Waals surface area (Å²) >= 11 is 0. The van der Waals surface area contributed by atoms with Crippen LogP contribution >= 0.6 is 0 Å². The monoisotopic (exact) mass is 423 g/mol. The molecule has 3 aromatic carbocycles. The predicted molar refractivity (Wildman–Crippen MR) is 133 cm³/mol. The van der Waals surface area contributed by atoms with Gasteiger partial charge < -0.3 is 4.90 Å². The third-order valence-corrected chi connectivity index (χ3v) is 8.04. The number of aryl methyl sites for hydroxylation is 1. The molecular weight excluding hydrogens is 388 g/mol. The second-order valence-corrected chi connectivity index (χ2v) is 9.88. The van der Waals surface area contributed by atoms with Crippen molar-refractivity contribution in [2.75, 3.05) is 4.90 Å². The van der Waals surface area contributed by atoms with E-state index in [4.69, 9.17) is 0 Å². The number of para-hydroxylation sites is 1. The van der Waals surface area contributed by atoms with Crippen LogP contribution in [-0.4, -0.2) is 10.9 Å². The molecule has 164 valence electrons. The number of rotatable bonds is 3. The molecule has 0 aromatic heterocycles. The van der Waals surface area contributed by atoms with Gasteiger partial charge in [0, 0.05) is 17.7 Å². The van der Waals surface area contributed by atoms with Crippen LogP contribution in [0.4, 0.5) is 5.69 Å². The summed E-state index contributed by atoms with van der Waals surface area (Å²) in [5.74, 6) is 0.368. The lowest BCUT2D eigenvalue weighted by molar-refractivity contribution is 0.0878. The first-order chi connectivity index (χ1) is 16.1. The fourth-order valence-corrected chi connectivity index (χ4v) is 6.67. The van der Waals surface area contributed by atoms with Gasteiger partial charge in [-0.1, -0.05) is 92.1 Å². The summed E-state index contributed by atoms with van der Waals surface area (Å²) in [6.45, 7) is 4.59. The topological polar surface area (TPSA) is 6.48 Å². The molecule has 0 N–H and O–H groups in total. The third-order valence-electron chi connectivity index (χ3n) is 8.04. The summed E-state index contributed by atoms with van der Waals surface area (Å²) in [5.41, 5.74) is 6.49. The number of hydrogen-bond acceptors (Lipinski definition) is 2. The van der Waals surface area contributed by atoms with E-state index in [2.05, 4.69) is 103 Å². The van der Waals surface area contributed by atoms with Crippen molar-refractivity contribution in [3.05, 3.63) is 101 Å². The van der Waals surface area contributed by atoms with Crippen LogP contribution in [0.1, 0.15) is 80.9 Å². The zero-order valence-corrected chi connectivity index (χ0v) is 19.2. The van der Waals surface area contributed by atoms with Crippen LogP contribution in [0.25, 0.3) is 0 Å². The molecule has 0 amide bonds. The van der Waals surface area contributed by atoms with Crippen molar-refractivity contribution in [2.24, 2.45) is 5.92 Å². The van der Waals surface area contributed by atoms with Crippen LogP contribution in [0.2, 0.25) is 0 Å². The number of anilines is 1.